The Morgan fingerprint density at radius 2 is 1.95 bits per heavy atom. The van der Waals surface area contributed by atoms with Gasteiger partial charge < -0.3 is 9.84 Å². The summed E-state index contributed by atoms with van der Waals surface area (Å²) in [4.78, 5) is 22.7. The molecule has 1 aliphatic carbocycles. The highest BCUT2D eigenvalue weighted by Gasteiger charge is 2.18. The number of carbonyl (C=O) groups excluding carboxylic acids is 1. The van der Waals surface area contributed by atoms with E-state index in [4.69, 9.17) is 9.84 Å². The second-order valence-corrected chi connectivity index (χ2v) is 6.02. The number of nitrogens with one attached hydrogen (secondary N) is 1. The van der Waals surface area contributed by atoms with Gasteiger partial charge in [-0.15, -0.1) is 0 Å². The van der Waals surface area contributed by atoms with E-state index < -0.39 is 17.7 Å². The van der Waals surface area contributed by atoms with Crippen LogP contribution in [-0.2, 0) is 16.0 Å². The summed E-state index contributed by atoms with van der Waals surface area (Å²) in [6.45, 7) is 5.41. The number of carbonyl (C=O) groups is 2. The molecule has 2 rings (SSSR count). The van der Waals surface area contributed by atoms with Gasteiger partial charge in [0.2, 0.25) is 0 Å². The second kappa shape index (κ2) is 5.60. The fraction of sp³-hybridized carbons (Fsp3) is 0.375. The number of carboxylic acids is 1. The van der Waals surface area contributed by atoms with Crippen LogP contribution in [0.5, 0.6) is 0 Å². The third-order valence-electron chi connectivity index (χ3n) is 3.06. The Morgan fingerprint density at radius 1 is 1.24 bits per heavy atom. The summed E-state index contributed by atoms with van der Waals surface area (Å²) < 4.78 is 5.19. The van der Waals surface area contributed by atoms with Crippen molar-refractivity contribution in [2.75, 3.05) is 5.32 Å². The zero-order valence-electron chi connectivity index (χ0n) is 12.4. The van der Waals surface area contributed by atoms with Gasteiger partial charge in [0.1, 0.15) is 5.60 Å². The number of anilines is 1. The predicted octanol–water partition coefficient (Wildman–Crippen LogP) is 3.45. The average Bonchev–Trinajstić information content (AvgIpc) is 2.35. The number of benzene rings is 1. The third kappa shape index (κ3) is 4.08. The lowest BCUT2D eigenvalue weighted by molar-refractivity contribution is -0.132. The highest BCUT2D eigenvalue weighted by atomic mass is 16.6. The number of ether oxygens (including phenoxy) is 1. The lowest BCUT2D eigenvalue weighted by Gasteiger charge is -2.20. The molecule has 2 N–H and O–H groups in total. The van der Waals surface area contributed by atoms with E-state index in [1.54, 1.807) is 32.9 Å². The van der Waals surface area contributed by atoms with Gasteiger partial charge in [-0.05, 0) is 62.9 Å². The summed E-state index contributed by atoms with van der Waals surface area (Å²) in [6.07, 6.45) is 2.33. The van der Waals surface area contributed by atoms with Gasteiger partial charge in [0, 0.05) is 11.3 Å². The molecule has 0 atom stereocenters. The van der Waals surface area contributed by atoms with Gasteiger partial charge in [0.25, 0.3) is 0 Å². The largest absolute Gasteiger partial charge is 0.478 e. The van der Waals surface area contributed by atoms with Crippen LogP contribution in [0.15, 0.2) is 23.8 Å². The Balaban J connectivity index is 2.13. The van der Waals surface area contributed by atoms with Crippen molar-refractivity contribution < 1.29 is 19.4 Å². The number of aliphatic carboxylic acids is 1. The molecule has 0 saturated carbocycles. The zero-order valence-corrected chi connectivity index (χ0v) is 12.4. The molecule has 21 heavy (non-hydrogen) atoms. The first-order valence-corrected chi connectivity index (χ1v) is 6.81. The zero-order chi connectivity index (χ0) is 15.6. The molecular weight excluding hydrogens is 270 g/mol. The number of amides is 1. The second-order valence-electron chi connectivity index (χ2n) is 6.02. The molecule has 0 saturated heterocycles. The lowest BCUT2D eigenvalue weighted by Crippen LogP contribution is -2.27. The molecular formula is C16H19NO4. The maximum atomic E-state index is 11.7. The van der Waals surface area contributed by atoms with Crippen LogP contribution in [0.1, 0.15) is 38.3 Å². The molecule has 0 aliphatic heterocycles. The monoisotopic (exact) mass is 289 g/mol. The molecule has 5 nitrogen and oxygen atoms in total. The molecule has 112 valence electrons. The lowest BCUT2D eigenvalue weighted by atomic mass is 9.92. The highest BCUT2D eigenvalue weighted by Crippen LogP contribution is 2.26. The Hall–Kier alpha value is -2.30. The van der Waals surface area contributed by atoms with E-state index in [9.17, 15) is 9.59 Å². The molecule has 1 amide bonds. The van der Waals surface area contributed by atoms with E-state index in [0.29, 0.717) is 24.1 Å². The summed E-state index contributed by atoms with van der Waals surface area (Å²) in [5, 5.41) is 11.7. The Labute approximate surface area is 123 Å². The molecule has 1 aromatic carbocycles. The van der Waals surface area contributed by atoms with Crippen LogP contribution in [0.25, 0.3) is 6.08 Å². The van der Waals surface area contributed by atoms with Gasteiger partial charge in [-0.3, -0.25) is 5.32 Å². The fourth-order valence-electron chi connectivity index (χ4n) is 2.16. The maximum Gasteiger partial charge on any atom is 0.412 e. The minimum atomic E-state index is -0.878. The smallest absolute Gasteiger partial charge is 0.412 e. The first-order chi connectivity index (χ1) is 9.74. The molecule has 1 aromatic rings. The van der Waals surface area contributed by atoms with E-state index >= 15 is 0 Å². The SMILES string of the molecule is CC(C)(C)OC(=O)Nc1ccc2c(c1)CCC(C(=O)O)=C2. The van der Waals surface area contributed by atoms with Gasteiger partial charge in [-0.25, -0.2) is 9.59 Å². The molecule has 1 aliphatic rings. The minimum Gasteiger partial charge on any atom is -0.478 e. The number of hydrogen-bond acceptors (Lipinski definition) is 3. The average molecular weight is 289 g/mol. The van der Waals surface area contributed by atoms with Gasteiger partial charge in [0.05, 0.1) is 0 Å². The van der Waals surface area contributed by atoms with Crippen LogP contribution in [0.4, 0.5) is 10.5 Å². The fourth-order valence-corrected chi connectivity index (χ4v) is 2.16. The summed E-state index contributed by atoms with van der Waals surface area (Å²) in [6, 6.07) is 5.41. The van der Waals surface area contributed by atoms with E-state index in [-0.39, 0.29) is 0 Å². The number of carboxylic acid groups (broad SMARTS) is 1. The van der Waals surface area contributed by atoms with Crippen molar-refractivity contribution in [3.8, 4) is 0 Å². The summed E-state index contributed by atoms with van der Waals surface area (Å²) in [7, 11) is 0. The van der Waals surface area contributed by atoms with Gasteiger partial charge >= 0.3 is 12.1 Å². The topological polar surface area (TPSA) is 75.6 Å². The van der Waals surface area contributed by atoms with Crippen LogP contribution in [0, 0.1) is 0 Å². The standard InChI is InChI=1S/C16H19NO4/c1-16(2,3)21-15(20)17-13-7-6-10-8-12(14(18)19)5-4-11(10)9-13/h6-9H,4-5H2,1-3H3,(H,17,20)(H,18,19). The van der Waals surface area contributed by atoms with Gasteiger partial charge in [-0.2, -0.15) is 0 Å². The van der Waals surface area contributed by atoms with Crippen LogP contribution < -0.4 is 5.32 Å². The van der Waals surface area contributed by atoms with Gasteiger partial charge in [-0.1, -0.05) is 6.07 Å². The van der Waals surface area contributed by atoms with Crippen LogP contribution in [0.2, 0.25) is 0 Å². The van der Waals surface area contributed by atoms with Gasteiger partial charge in [0.15, 0.2) is 0 Å². The highest BCUT2D eigenvalue weighted by molar-refractivity contribution is 5.93. The van der Waals surface area contributed by atoms with E-state index in [1.807, 2.05) is 12.1 Å². The minimum absolute atomic E-state index is 0.412. The first-order valence-electron chi connectivity index (χ1n) is 6.81. The molecule has 0 bridgehead atoms. The summed E-state index contributed by atoms with van der Waals surface area (Å²) in [5.41, 5.74) is 2.42. The van der Waals surface area contributed by atoms with E-state index in [2.05, 4.69) is 5.32 Å². The van der Waals surface area contributed by atoms with Crippen molar-refractivity contribution in [2.24, 2.45) is 0 Å². The van der Waals surface area contributed by atoms with Crippen molar-refractivity contribution in [1.29, 1.82) is 0 Å². The molecule has 0 heterocycles. The van der Waals surface area contributed by atoms with E-state index in [1.165, 1.54) is 0 Å². The van der Waals surface area contributed by atoms with Crippen molar-refractivity contribution in [2.45, 2.75) is 39.2 Å². The van der Waals surface area contributed by atoms with Crippen LogP contribution >= 0.6 is 0 Å². The Kier molecular flexibility index (Phi) is 4.02. The van der Waals surface area contributed by atoms with Crippen molar-refractivity contribution in [3.05, 3.63) is 34.9 Å². The summed E-state index contributed by atoms with van der Waals surface area (Å²) >= 11 is 0. The van der Waals surface area contributed by atoms with E-state index in [0.717, 1.165) is 11.1 Å². The molecule has 0 fully saturated rings. The van der Waals surface area contributed by atoms with Crippen LogP contribution in [-0.4, -0.2) is 22.8 Å². The molecule has 0 spiro atoms. The molecule has 0 unspecified atom stereocenters. The predicted molar refractivity (Wildman–Crippen MR) is 80.2 cm³/mol. The number of hydrogen-bond donors (Lipinski definition) is 2. The van der Waals surface area contributed by atoms with Crippen molar-refractivity contribution >= 4 is 23.8 Å². The Morgan fingerprint density at radius 3 is 2.57 bits per heavy atom. The van der Waals surface area contributed by atoms with Crippen molar-refractivity contribution in [1.82, 2.24) is 0 Å². The molecule has 0 radical (unpaired) electrons. The summed E-state index contributed by atoms with van der Waals surface area (Å²) in [5.74, 6) is -0.878. The molecule has 0 aromatic heterocycles. The molecule has 5 heteroatoms. The third-order valence-corrected chi connectivity index (χ3v) is 3.06. The number of aryl methyl sites for hydroxylation is 1. The number of fused-ring (bicyclic) bond motifs is 1. The maximum absolute atomic E-state index is 11.7. The van der Waals surface area contributed by atoms with Crippen molar-refractivity contribution in [3.63, 3.8) is 0 Å². The number of rotatable bonds is 2. The quantitative estimate of drug-likeness (QED) is 0.874. The normalized spacial score (nSPS) is 14.0. The Bertz CT molecular complexity index is 611. The van der Waals surface area contributed by atoms with Crippen LogP contribution in [0.3, 0.4) is 0 Å². The first kappa shape index (κ1) is 15.1.